The smallest absolute Gasteiger partial charge is 0.408 e. The predicted octanol–water partition coefficient (Wildman–Crippen LogP) is 1.60. The summed E-state index contributed by atoms with van der Waals surface area (Å²) in [6, 6.07) is -1.10. The van der Waals surface area contributed by atoms with Crippen molar-refractivity contribution in [2.24, 2.45) is 0 Å². The molecule has 6 heteroatoms. The van der Waals surface area contributed by atoms with Crippen molar-refractivity contribution in [2.45, 2.75) is 65.2 Å². The van der Waals surface area contributed by atoms with E-state index in [-0.39, 0.29) is 6.61 Å². The number of rotatable bonds is 6. The van der Waals surface area contributed by atoms with E-state index < -0.39 is 29.8 Å². The lowest BCUT2D eigenvalue weighted by molar-refractivity contribution is -0.148. The van der Waals surface area contributed by atoms with Crippen molar-refractivity contribution >= 4 is 12.1 Å². The van der Waals surface area contributed by atoms with Crippen LogP contribution < -0.4 is 5.32 Å². The van der Waals surface area contributed by atoms with Crippen LogP contribution in [0.3, 0.4) is 0 Å². The van der Waals surface area contributed by atoms with E-state index in [4.69, 9.17) is 9.47 Å². The maximum atomic E-state index is 11.7. The third-order valence-electron chi connectivity index (χ3n) is 2.18. The number of aliphatic hydroxyl groups is 1. The van der Waals surface area contributed by atoms with Crippen LogP contribution in [0.2, 0.25) is 0 Å². The Kier molecular flexibility index (Phi) is 7.44. The molecule has 0 unspecified atom stereocenters. The maximum Gasteiger partial charge on any atom is 0.408 e. The normalized spacial score (nSPS) is 14.4. The second-order valence-electron chi connectivity index (χ2n) is 5.23. The Bertz CT molecular complexity index is 298. The molecule has 0 aliphatic heterocycles. The van der Waals surface area contributed by atoms with E-state index in [1.54, 1.807) is 27.7 Å². The molecule has 0 aromatic rings. The second kappa shape index (κ2) is 7.99. The minimum Gasteiger partial charge on any atom is -0.464 e. The number of amides is 1. The Labute approximate surface area is 114 Å². The van der Waals surface area contributed by atoms with Crippen molar-refractivity contribution in [2.75, 3.05) is 6.61 Å². The number of hydrogen-bond acceptors (Lipinski definition) is 5. The zero-order valence-corrected chi connectivity index (χ0v) is 12.4. The molecular formula is C13H25NO5. The van der Waals surface area contributed by atoms with E-state index in [0.717, 1.165) is 0 Å². The van der Waals surface area contributed by atoms with Crippen molar-refractivity contribution in [3.8, 4) is 0 Å². The molecule has 112 valence electrons. The summed E-state index contributed by atoms with van der Waals surface area (Å²) in [6.45, 7) is 8.87. The Morgan fingerprint density at radius 2 is 1.84 bits per heavy atom. The van der Waals surface area contributed by atoms with Crippen LogP contribution in [0.4, 0.5) is 4.79 Å². The van der Waals surface area contributed by atoms with Gasteiger partial charge in [0.2, 0.25) is 0 Å². The third kappa shape index (κ3) is 7.66. The zero-order chi connectivity index (χ0) is 15.1. The van der Waals surface area contributed by atoms with Gasteiger partial charge in [-0.25, -0.2) is 9.59 Å². The summed E-state index contributed by atoms with van der Waals surface area (Å²) < 4.78 is 9.89. The molecule has 1 amide bonds. The Hall–Kier alpha value is -1.30. The first-order valence-corrected chi connectivity index (χ1v) is 6.55. The Balaban J connectivity index is 4.66. The first-order valence-electron chi connectivity index (χ1n) is 6.55. The van der Waals surface area contributed by atoms with Crippen LogP contribution in [-0.2, 0) is 14.3 Å². The molecule has 0 aromatic carbocycles. The van der Waals surface area contributed by atoms with E-state index in [9.17, 15) is 14.7 Å². The monoisotopic (exact) mass is 275 g/mol. The highest BCUT2D eigenvalue weighted by Gasteiger charge is 2.31. The van der Waals surface area contributed by atoms with Crippen molar-refractivity contribution < 1.29 is 24.2 Å². The average Bonchev–Trinajstić information content (AvgIpc) is 2.24. The largest absolute Gasteiger partial charge is 0.464 e. The number of carbonyl (C=O) groups is 2. The van der Waals surface area contributed by atoms with Gasteiger partial charge in [-0.15, -0.1) is 0 Å². The second-order valence-corrected chi connectivity index (χ2v) is 5.23. The molecule has 19 heavy (non-hydrogen) atoms. The van der Waals surface area contributed by atoms with Crippen LogP contribution in [0.5, 0.6) is 0 Å². The van der Waals surface area contributed by atoms with E-state index >= 15 is 0 Å². The van der Waals surface area contributed by atoms with Crippen molar-refractivity contribution in [3.05, 3.63) is 0 Å². The molecule has 2 N–H and O–H groups in total. The first-order chi connectivity index (χ1) is 8.71. The minimum atomic E-state index is -1.10. The fraction of sp³-hybridized carbons (Fsp3) is 0.846. The summed E-state index contributed by atoms with van der Waals surface area (Å²) in [5.74, 6) is -0.658. The molecule has 0 heterocycles. The molecule has 6 nitrogen and oxygen atoms in total. The average molecular weight is 275 g/mol. The van der Waals surface area contributed by atoms with Crippen LogP contribution in [-0.4, -0.2) is 41.5 Å². The standard InChI is InChI=1S/C13H25NO5/c1-6-8-9(15)10(11(16)18-7-2)14-12(17)19-13(3,4)5/h9-10,15H,6-8H2,1-5H3,(H,14,17)/t9-,10+/m1/s1. The summed E-state index contributed by atoms with van der Waals surface area (Å²) in [5.41, 5.74) is -0.668. The molecule has 0 saturated carbocycles. The van der Waals surface area contributed by atoms with Crippen LogP contribution in [0.25, 0.3) is 0 Å². The molecule has 0 rings (SSSR count). The van der Waals surface area contributed by atoms with Gasteiger partial charge < -0.3 is 19.9 Å². The number of esters is 1. The van der Waals surface area contributed by atoms with Crippen molar-refractivity contribution in [1.29, 1.82) is 0 Å². The van der Waals surface area contributed by atoms with Crippen LogP contribution in [0.15, 0.2) is 0 Å². The summed E-state index contributed by atoms with van der Waals surface area (Å²) in [7, 11) is 0. The fourth-order valence-corrected chi connectivity index (χ4v) is 1.44. The predicted molar refractivity (Wildman–Crippen MR) is 70.7 cm³/mol. The van der Waals surface area contributed by atoms with Gasteiger partial charge in [0.05, 0.1) is 12.7 Å². The third-order valence-corrected chi connectivity index (χ3v) is 2.18. The van der Waals surface area contributed by atoms with Gasteiger partial charge in [-0.2, -0.15) is 0 Å². The van der Waals surface area contributed by atoms with Gasteiger partial charge in [-0.3, -0.25) is 0 Å². The van der Waals surface area contributed by atoms with E-state index in [1.807, 2.05) is 6.92 Å². The van der Waals surface area contributed by atoms with E-state index in [1.165, 1.54) is 0 Å². The topological polar surface area (TPSA) is 84.9 Å². The molecule has 0 radical (unpaired) electrons. The lowest BCUT2D eigenvalue weighted by atomic mass is 10.1. The quantitative estimate of drug-likeness (QED) is 0.719. The molecular weight excluding hydrogens is 250 g/mol. The number of hydrogen-bond donors (Lipinski definition) is 2. The first kappa shape index (κ1) is 17.7. The Morgan fingerprint density at radius 3 is 2.26 bits per heavy atom. The lowest BCUT2D eigenvalue weighted by Crippen LogP contribution is -2.50. The van der Waals surface area contributed by atoms with Crippen LogP contribution >= 0.6 is 0 Å². The van der Waals surface area contributed by atoms with Gasteiger partial charge in [-0.1, -0.05) is 13.3 Å². The van der Waals surface area contributed by atoms with E-state index in [2.05, 4.69) is 5.32 Å². The molecule has 0 fully saturated rings. The molecule has 0 aliphatic rings. The summed E-state index contributed by atoms with van der Waals surface area (Å²) >= 11 is 0. The summed E-state index contributed by atoms with van der Waals surface area (Å²) in [5, 5.41) is 12.2. The number of aliphatic hydroxyl groups excluding tert-OH is 1. The highest BCUT2D eigenvalue weighted by molar-refractivity contribution is 5.82. The van der Waals surface area contributed by atoms with Gasteiger partial charge in [-0.05, 0) is 34.1 Å². The molecule has 0 aliphatic carbocycles. The van der Waals surface area contributed by atoms with Gasteiger partial charge in [0, 0.05) is 0 Å². The van der Waals surface area contributed by atoms with Gasteiger partial charge in [0.15, 0.2) is 6.04 Å². The summed E-state index contributed by atoms with van der Waals surface area (Å²) in [4.78, 5) is 23.3. The minimum absolute atomic E-state index is 0.185. The van der Waals surface area contributed by atoms with Gasteiger partial charge >= 0.3 is 12.1 Å². The molecule has 0 bridgehead atoms. The van der Waals surface area contributed by atoms with Gasteiger partial charge in [0.1, 0.15) is 5.60 Å². The number of alkyl carbamates (subject to hydrolysis) is 1. The number of ether oxygens (including phenoxy) is 2. The highest BCUT2D eigenvalue weighted by Crippen LogP contribution is 2.09. The highest BCUT2D eigenvalue weighted by atomic mass is 16.6. The molecule has 2 atom stereocenters. The zero-order valence-electron chi connectivity index (χ0n) is 12.4. The summed E-state index contributed by atoms with van der Waals surface area (Å²) in [6.07, 6.45) is -0.663. The Morgan fingerprint density at radius 1 is 1.26 bits per heavy atom. The SMILES string of the molecule is CCC[C@@H](O)[C@H](NC(=O)OC(C)(C)C)C(=O)OCC. The van der Waals surface area contributed by atoms with Gasteiger partial charge in [0.25, 0.3) is 0 Å². The number of carbonyl (C=O) groups excluding carboxylic acids is 2. The van der Waals surface area contributed by atoms with Crippen molar-refractivity contribution in [1.82, 2.24) is 5.32 Å². The lowest BCUT2D eigenvalue weighted by Gasteiger charge is -2.25. The maximum absolute atomic E-state index is 11.7. The van der Waals surface area contributed by atoms with Crippen LogP contribution in [0, 0.1) is 0 Å². The molecule has 0 aromatic heterocycles. The van der Waals surface area contributed by atoms with Crippen molar-refractivity contribution in [3.63, 3.8) is 0 Å². The van der Waals surface area contributed by atoms with Crippen LogP contribution in [0.1, 0.15) is 47.5 Å². The van der Waals surface area contributed by atoms with E-state index in [0.29, 0.717) is 12.8 Å². The fourth-order valence-electron chi connectivity index (χ4n) is 1.44. The molecule has 0 saturated heterocycles. The molecule has 0 spiro atoms. The number of nitrogens with one attached hydrogen (secondary N) is 1.